The molecule has 1 aromatic heterocycles. The predicted octanol–water partition coefficient (Wildman–Crippen LogP) is 6.29. The minimum Gasteiger partial charge on any atom is -0.300 e. The van der Waals surface area contributed by atoms with Crippen molar-refractivity contribution in [2.75, 3.05) is 0 Å². The Bertz CT molecular complexity index is 630. The number of aromatic nitrogens is 2. The first-order valence-corrected chi connectivity index (χ1v) is 7.84. The van der Waals surface area contributed by atoms with E-state index in [1.807, 2.05) is 0 Å². The minimum absolute atomic E-state index is 0.303. The Balaban J connectivity index is 2.49. The van der Waals surface area contributed by atoms with E-state index < -0.39 is 3.92 Å². The van der Waals surface area contributed by atoms with Gasteiger partial charge < -0.3 is 0 Å². The van der Waals surface area contributed by atoms with Crippen molar-refractivity contribution in [2.24, 2.45) is 0 Å². The van der Waals surface area contributed by atoms with Crippen molar-refractivity contribution < 1.29 is 4.39 Å². The molecule has 0 saturated heterocycles. The lowest BCUT2D eigenvalue weighted by Gasteiger charge is -2.10. The van der Waals surface area contributed by atoms with Crippen LogP contribution in [0.1, 0.15) is 5.82 Å². The van der Waals surface area contributed by atoms with Crippen LogP contribution in [0.5, 0.6) is 0 Å². The Morgan fingerprint density at radius 3 is 2.25 bits per heavy atom. The molecule has 9 heteroatoms. The number of alkyl halides is 3. The zero-order chi connectivity index (χ0) is 15.1. The monoisotopic (exact) mass is 392 g/mol. The van der Waals surface area contributed by atoms with E-state index in [1.54, 1.807) is 29.8 Å². The van der Waals surface area contributed by atoms with E-state index in [2.05, 4.69) is 4.98 Å². The molecule has 0 atom stereocenters. The van der Waals surface area contributed by atoms with Gasteiger partial charge in [0.15, 0.2) is 0 Å². The van der Waals surface area contributed by atoms with E-state index in [-0.39, 0.29) is 0 Å². The number of aryl methyl sites for hydroxylation is 1. The van der Waals surface area contributed by atoms with Crippen molar-refractivity contribution in [3.63, 3.8) is 0 Å². The van der Waals surface area contributed by atoms with E-state index in [4.69, 9.17) is 58.0 Å². The normalized spacial score (nSPS) is 11.9. The summed E-state index contributed by atoms with van der Waals surface area (Å²) in [4.78, 5) is 4.14. The first-order valence-electron chi connectivity index (χ1n) is 5.14. The van der Waals surface area contributed by atoms with Crippen molar-refractivity contribution in [1.29, 1.82) is 0 Å². The number of imidazole rings is 1. The van der Waals surface area contributed by atoms with Gasteiger partial charge in [-0.25, -0.2) is 4.98 Å². The van der Waals surface area contributed by atoms with E-state index in [1.165, 1.54) is 0 Å². The molecule has 1 aromatic carbocycles. The van der Waals surface area contributed by atoms with Crippen LogP contribution in [0.4, 0.5) is 4.39 Å². The van der Waals surface area contributed by atoms with Crippen LogP contribution in [0.3, 0.4) is 0 Å². The summed E-state index contributed by atoms with van der Waals surface area (Å²) >= 11 is 29.3. The van der Waals surface area contributed by atoms with Gasteiger partial charge in [-0.15, -0.1) is 0 Å². The molecule has 0 saturated carbocycles. The molecule has 0 spiro atoms. The summed E-state index contributed by atoms with van der Waals surface area (Å²) in [6.07, 6.45) is 1.54. The minimum atomic E-state index is -2.46. The van der Waals surface area contributed by atoms with Gasteiger partial charge in [0.25, 0.3) is 0 Å². The number of nitrogens with zero attached hydrogens (tertiary/aromatic N) is 2. The topological polar surface area (TPSA) is 17.8 Å². The van der Waals surface area contributed by atoms with Crippen molar-refractivity contribution in [2.45, 2.75) is 15.9 Å². The Kier molecular flexibility index (Phi) is 5.05. The van der Waals surface area contributed by atoms with Crippen molar-refractivity contribution in [3.8, 4) is 5.69 Å². The summed E-state index contributed by atoms with van der Waals surface area (Å²) in [5, 5.41) is 1.42. The van der Waals surface area contributed by atoms with Crippen molar-refractivity contribution in [1.82, 2.24) is 9.55 Å². The highest BCUT2D eigenvalue weighted by Gasteiger charge is 2.26. The highest BCUT2D eigenvalue weighted by molar-refractivity contribution is 8.03. The SMILES string of the molecule is Cc1nc(SC(F)(Cl)Cl)cn1-c1c(Cl)cc(Cl)cc1Cl. The number of halogens is 6. The third-order valence-corrected chi connectivity index (χ3v) is 4.20. The van der Waals surface area contributed by atoms with Gasteiger partial charge in [-0.1, -0.05) is 58.0 Å². The lowest BCUT2D eigenvalue weighted by Crippen LogP contribution is -1.97. The first-order chi connectivity index (χ1) is 9.17. The Morgan fingerprint density at radius 1 is 1.20 bits per heavy atom. The molecule has 0 radical (unpaired) electrons. The maximum absolute atomic E-state index is 13.2. The summed E-state index contributed by atoms with van der Waals surface area (Å²) in [5.74, 6) is 0.552. The van der Waals surface area contributed by atoms with Gasteiger partial charge in [0.1, 0.15) is 10.9 Å². The second-order valence-electron chi connectivity index (χ2n) is 3.76. The average Bonchev–Trinajstić information content (AvgIpc) is 2.55. The van der Waals surface area contributed by atoms with Gasteiger partial charge in [-0.05, 0) is 30.8 Å². The maximum atomic E-state index is 13.2. The number of hydrogen-bond acceptors (Lipinski definition) is 2. The lowest BCUT2D eigenvalue weighted by molar-refractivity contribution is 0.515. The summed E-state index contributed by atoms with van der Waals surface area (Å²) < 4.78 is 12.4. The van der Waals surface area contributed by atoms with E-state index in [0.717, 1.165) is 0 Å². The fourth-order valence-electron chi connectivity index (χ4n) is 1.60. The molecule has 0 unspecified atom stereocenters. The number of rotatable bonds is 3. The molecule has 0 amide bonds. The zero-order valence-corrected chi connectivity index (χ0v) is 14.4. The molecule has 0 bridgehead atoms. The lowest BCUT2D eigenvalue weighted by atomic mass is 10.3. The van der Waals surface area contributed by atoms with Crippen molar-refractivity contribution >= 4 is 69.8 Å². The molecule has 1 heterocycles. The van der Waals surface area contributed by atoms with E-state index >= 15 is 0 Å². The van der Waals surface area contributed by atoms with Crippen LogP contribution in [-0.2, 0) is 0 Å². The summed E-state index contributed by atoms with van der Waals surface area (Å²) in [6, 6.07) is 3.11. The number of benzene rings is 1. The van der Waals surface area contributed by atoms with E-state index in [0.29, 0.717) is 43.4 Å². The zero-order valence-electron chi connectivity index (χ0n) is 9.80. The highest BCUT2D eigenvalue weighted by atomic mass is 35.5. The number of thioether (sulfide) groups is 1. The average molecular weight is 395 g/mol. The third kappa shape index (κ3) is 3.87. The molecule has 0 aliphatic carbocycles. The fraction of sp³-hybridized carbons (Fsp3) is 0.182. The molecule has 2 aromatic rings. The van der Waals surface area contributed by atoms with Crippen LogP contribution < -0.4 is 0 Å². The van der Waals surface area contributed by atoms with Gasteiger partial charge >= 0.3 is 3.92 Å². The van der Waals surface area contributed by atoms with Gasteiger partial charge in [-0.2, -0.15) is 4.39 Å². The Morgan fingerprint density at radius 2 is 1.75 bits per heavy atom. The van der Waals surface area contributed by atoms with Crippen LogP contribution in [-0.4, -0.2) is 13.5 Å². The second-order valence-corrected chi connectivity index (χ2v) is 7.88. The van der Waals surface area contributed by atoms with Crippen LogP contribution >= 0.6 is 69.8 Å². The first kappa shape index (κ1) is 16.5. The highest BCUT2D eigenvalue weighted by Crippen LogP contribution is 2.41. The molecule has 0 aliphatic heterocycles. The molecule has 20 heavy (non-hydrogen) atoms. The summed E-state index contributed by atoms with van der Waals surface area (Å²) in [7, 11) is 0. The predicted molar refractivity (Wildman–Crippen MR) is 84.7 cm³/mol. The fourth-order valence-corrected chi connectivity index (χ4v) is 3.65. The maximum Gasteiger partial charge on any atom is 0.310 e. The second kappa shape index (κ2) is 6.11. The molecular weight excluding hydrogens is 388 g/mol. The largest absolute Gasteiger partial charge is 0.310 e. The van der Waals surface area contributed by atoms with Crippen LogP contribution in [0.15, 0.2) is 23.4 Å². The summed E-state index contributed by atoms with van der Waals surface area (Å²) in [6.45, 7) is 1.72. The Hall–Kier alpha value is 0.160. The van der Waals surface area contributed by atoms with Crippen LogP contribution in [0.2, 0.25) is 15.1 Å². The molecular formula is C11H6Cl5FN2S. The van der Waals surface area contributed by atoms with Gasteiger partial charge in [0.2, 0.25) is 0 Å². The van der Waals surface area contributed by atoms with Crippen LogP contribution in [0.25, 0.3) is 5.69 Å². The van der Waals surface area contributed by atoms with E-state index in [9.17, 15) is 4.39 Å². The molecule has 2 nitrogen and oxygen atoms in total. The Labute approximate surface area is 144 Å². The molecule has 0 N–H and O–H groups in total. The number of hydrogen-bond donors (Lipinski definition) is 0. The molecule has 0 aliphatic rings. The quantitative estimate of drug-likeness (QED) is 0.450. The molecule has 0 fully saturated rings. The van der Waals surface area contributed by atoms with Gasteiger partial charge in [-0.3, -0.25) is 4.57 Å². The van der Waals surface area contributed by atoms with Crippen molar-refractivity contribution in [3.05, 3.63) is 39.2 Å². The van der Waals surface area contributed by atoms with Gasteiger partial charge in [0.05, 0.1) is 15.7 Å². The third-order valence-electron chi connectivity index (χ3n) is 2.30. The van der Waals surface area contributed by atoms with Gasteiger partial charge in [0, 0.05) is 11.2 Å². The summed E-state index contributed by atoms with van der Waals surface area (Å²) in [5.41, 5.74) is 0.503. The molecule has 2 rings (SSSR count). The standard InChI is InChI=1S/C11H6Cl5FN2S/c1-5-18-9(20-11(15,16)17)4-19(5)10-7(13)2-6(12)3-8(10)14/h2-4H,1H3. The van der Waals surface area contributed by atoms with Crippen LogP contribution in [0, 0.1) is 6.92 Å². The smallest absolute Gasteiger partial charge is 0.300 e. The molecule has 108 valence electrons.